The number of ketones is 1. The molecule has 0 saturated heterocycles. The van der Waals surface area contributed by atoms with Crippen molar-refractivity contribution >= 4 is 12.9 Å². The Kier molecular flexibility index (Phi) is 3.93. The highest BCUT2D eigenvalue weighted by atomic mass is 16.4. The highest BCUT2D eigenvalue weighted by Gasteiger charge is 2.40. The van der Waals surface area contributed by atoms with E-state index in [1.807, 2.05) is 0 Å². The van der Waals surface area contributed by atoms with Gasteiger partial charge in [0, 0.05) is 11.7 Å². The summed E-state index contributed by atoms with van der Waals surface area (Å²) in [5.74, 6) is -0.805. The van der Waals surface area contributed by atoms with Crippen molar-refractivity contribution in [2.75, 3.05) is 0 Å². The second kappa shape index (κ2) is 4.81. The molecule has 0 heterocycles. The van der Waals surface area contributed by atoms with Gasteiger partial charge in [0.15, 0.2) is 5.78 Å². The first-order chi connectivity index (χ1) is 6.95. The maximum absolute atomic E-state index is 11.9. The monoisotopic (exact) mass is 211 g/mol. The molecule has 2 atom stereocenters. The third-order valence-corrected chi connectivity index (χ3v) is 3.09. The molecule has 0 spiro atoms. The number of nitrogens with two attached hydrogens (primary N) is 1. The molecular formula is C10H18BNO3. The molecule has 0 amide bonds. The van der Waals surface area contributed by atoms with Crippen molar-refractivity contribution in [3.8, 4) is 0 Å². The molecule has 0 aromatic heterocycles. The van der Waals surface area contributed by atoms with Gasteiger partial charge in [0.1, 0.15) is 0 Å². The average molecular weight is 211 g/mol. The van der Waals surface area contributed by atoms with E-state index in [2.05, 4.69) is 0 Å². The lowest BCUT2D eigenvalue weighted by Gasteiger charge is -2.17. The first kappa shape index (κ1) is 12.3. The molecule has 0 aromatic carbocycles. The van der Waals surface area contributed by atoms with Gasteiger partial charge < -0.3 is 15.8 Å². The van der Waals surface area contributed by atoms with Gasteiger partial charge in [-0.25, -0.2) is 0 Å². The number of carbonyl (C=O) groups excluding carboxylic acids is 1. The minimum absolute atomic E-state index is 0.134. The minimum Gasteiger partial charge on any atom is -0.427 e. The molecule has 5 heteroatoms. The summed E-state index contributed by atoms with van der Waals surface area (Å²) in [7, 11) is -1.41. The van der Waals surface area contributed by atoms with Gasteiger partial charge in [0.2, 0.25) is 0 Å². The van der Waals surface area contributed by atoms with Crippen molar-refractivity contribution in [2.45, 2.75) is 38.9 Å². The number of rotatable bonds is 3. The van der Waals surface area contributed by atoms with Crippen LogP contribution in [-0.4, -0.2) is 22.9 Å². The Morgan fingerprint density at radius 3 is 2.40 bits per heavy atom. The Morgan fingerprint density at radius 2 is 1.93 bits per heavy atom. The molecule has 4 nitrogen and oxygen atoms in total. The van der Waals surface area contributed by atoms with Gasteiger partial charge in [-0.05, 0) is 25.8 Å². The Hall–Kier alpha value is -0.805. The fourth-order valence-corrected chi connectivity index (χ4v) is 2.12. The summed E-state index contributed by atoms with van der Waals surface area (Å²) in [5.41, 5.74) is 6.73. The second-order valence-electron chi connectivity index (χ2n) is 4.39. The number of hydrogen-bond acceptors (Lipinski definition) is 4. The van der Waals surface area contributed by atoms with Crippen molar-refractivity contribution < 1.29 is 14.8 Å². The van der Waals surface area contributed by atoms with Crippen LogP contribution in [0.5, 0.6) is 0 Å². The summed E-state index contributed by atoms with van der Waals surface area (Å²) in [6, 6.07) is 0. The molecule has 0 radical (unpaired) electrons. The molecule has 84 valence electrons. The zero-order valence-electron chi connectivity index (χ0n) is 9.23. The lowest BCUT2D eigenvalue weighted by molar-refractivity contribution is -0.119. The molecule has 1 fully saturated rings. The van der Waals surface area contributed by atoms with Crippen molar-refractivity contribution in [3.05, 3.63) is 11.3 Å². The van der Waals surface area contributed by atoms with Crippen LogP contribution in [0.2, 0.25) is 5.82 Å². The SMILES string of the molecule is CC(C)=C(N)C(=O)C1CCCC1B(O)O. The first-order valence-corrected chi connectivity index (χ1v) is 5.28. The Balaban J connectivity index is 2.80. The van der Waals surface area contributed by atoms with Crippen LogP contribution in [0, 0.1) is 5.92 Å². The quantitative estimate of drug-likeness (QED) is 0.467. The van der Waals surface area contributed by atoms with E-state index in [4.69, 9.17) is 15.8 Å². The van der Waals surface area contributed by atoms with Gasteiger partial charge in [0.05, 0.1) is 5.70 Å². The summed E-state index contributed by atoms with van der Waals surface area (Å²) in [5, 5.41) is 18.3. The van der Waals surface area contributed by atoms with E-state index >= 15 is 0 Å². The summed E-state index contributed by atoms with van der Waals surface area (Å²) in [4.78, 5) is 11.9. The maximum Gasteiger partial charge on any atom is 0.455 e. The van der Waals surface area contributed by atoms with Crippen molar-refractivity contribution in [1.29, 1.82) is 0 Å². The molecule has 15 heavy (non-hydrogen) atoms. The van der Waals surface area contributed by atoms with Crippen LogP contribution < -0.4 is 5.73 Å². The van der Waals surface area contributed by atoms with Crippen LogP contribution in [0.15, 0.2) is 11.3 Å². The van der Waals surface area contributed by atoms with Crippen molar-refractivity contribution in [2.24, 2.45) is 11.7 Å². The number of Topliss-reactive ketones (excluding diaryl/α,β-unsaturated/α-hetero) is 1. The molecule has 0 aromatic rings. The molecule has 2 unspecified atom stereocenters. The fourth-order valence-electron chi connectivity index (χ4n) is 2.12. The van der Waals surface area contributed by atoms with Crippen LogP contribution in [0.3, 0.4) is 0 Å². The topological polar surface area (TPSA) is 83.6 Å². The zero-order valence-corrected chi connectivity index (χ0v) is 9.23. The summed E-state index contributed by atoms with van der Waals surface area (Å²) in [6.07, 6.45) is 2.24. The second-order valence-corrected chi connectivity index (χ2v) is 4.39. The van der Waals surface area contributed by atoms with E-state index in [-0.39, 0.29) is 23.2 Å². The van der Waals surface area contributed by atoms with Gasteiger partial charge >= 0.3 is 7.12 Å². The first-order valence-electron chi connectivity index (χ1n) is 5.28. The Morgan fingerprint density at radius 1 is 1.33 bits per heavy atom. The van der Waals surface area contributed by atoms with Crippen LogP contribution in [0.1, 0.15) is 33.1 Å². The minimum atomic E-state index is -1.41. The van der Waals surface area contributed by atoms with Crippen LogP contribution in [0.4, 0.5) is 0 Å². The molecule has 4 N–H and O–H groups in total. The summed E-state index contributed by atoms with van der Waals surface area (Å²) >= 11 is 0. The number of hydrogen-bond donors (Lipinski definition) is 3. The number of carbonyl (C=O) groups is 1. The van der Waals surface area contributed by atoms with Crippen molar-refractivity contribution in [1.82, 2.24) is 0 Å². The lowest BCUT2D eigenvalue weighted by atomic mass is 9.65. The van der Waals surface area contributed by atoms with Gasteiger partial charge in [-0.2, -0.15) is 0 Å². The molecule has 1 saturated carbocycles. The summed E-state index contributed by atoms with van der Waals surface area (Å²) < 4.78 is 0. The maximum atomic E-state index is 11.9. The van der Waals surface area contributed by atoms with E-state index in [1.54, 1.807) is 13.8 Å². The fraction of sp³-hybridized carbons (Fsp3) is 0.700. The van der Waals surface area contributed by atoms with Crippen LogP contribution in [-0.2, 0) is 4.79 Å². The normalized spacial score (nSPS) is 25.1. The predicted molar refractivity (Wildman–Crippen MR) is 58.9 cm³/mol. The smallest absolute Gasteiger partial charge is 0.427 e. The van der Waals surface area contributed by atoms with E-state index in [0.717, 1.165) is 12.0 Å². The molecule has 1 aliphatic rings. The average Bonchev–Trinajstić information content (AvgIpc) is 2.63. The van der Waals surface area contributed by atoms with E-state index in [1.165, 1.54) is 0 Å². The van der Waals surface area contributed by atoms with E-state index in [0.29, 0.717) is 12.8 Å². The largest absolute Gasteiger partial charge is 0.455 e. The van der Waals surface area contributed by atoms with Gasteiger partial charge in [-0.15, -0.1) is 0 Å². The Labute approximate surface area is 90.3 Å². The van der Waals surface area contributed by atoms with E-state index in [9.17, 15) is 4.79 Å². The molecule has 0 bridgehead atoms. The molecule has 0 aliphatic heterocycles. The van der Waals surface area contributed by atoms with Gasteiger partial charge in [-0.1, -0.05) is 12.8 Å². The summed E-state index contributed by atoms with van der Waals surface area (Å²) in [6.45, 7) is 3.57. The standard InChI is InChI=1S/C10H18BNO3/c1-6(2)9(12)10(13)7-4-3-5-8(7)11(14)15/h7-8,14-15H,3-5,12H2,1-2H3. The lowest BCUT2D eigenvalue weighted by Crippen LogP contribution is -2.30. The van der Waals surface area contributed by atoms with Crippen LogP contribution in [0.25, 0.3) is 0 Å². The zero-order chi connectivity index (χ0) is 11.6. The molecular weight excluding hydrogens is 193 g/mol. The molecule has 1 rings (SSSR count). The van der Waals surface area contributed by atoms with Gasteiger partial charge in [0.25, 0.3) is 0 Å². The highest BCUT2D eigenvalue weighted by molar-refractivity contribution is 6.44. The third kappa shape index (κ3) is 2.61. The Bertz CT molecular complexity index is 284. The van der Waals surface area contributed by atoms with Gasteiger partial charge in [-0.3, -0.25) is 4.79 Å². The third-order valence-electron chi connectivity index (χ3n) is 3.09. The molecule has 1 aliphatic carbocycles. The number of allylic oxidation sites excluding steroid dienone is 2. The van der Waals surface area contributed by atoms with Crippen LogP contribution >= 0.6 is 0 Å². The van der Waals surface area contributed by atoms with E-state index < -0.39 is 7.12 Å². The van der Waals surface area contributed by atoms with Crippen molar-refractivity contribution in [3.63, 3.8) is 0 Å². The highest BCUT2D eigenvalue weighted by Crippen LogP contribution is 2.39. The predicted octanol–water partition coefficient (Wildman–Crippen LogP) is 0.451.